The third-order valence-corrected chi connectivity index (χ3v) is 4.40. The summed E-state index contributed by atoms with van der Waals surface area (Å²) in [5, 5.41) is 14.9. The van der Waals surface area contributed by atoms with Crippen LogP contribution in [-0.4, -0.2) is 17.7 Å². The highest BCUT2D eigenvalue weighted by Gasteiger charge is 2.11. The second-order valence-corrected chi connectivity index (χ2v) is 6.30. The molecule has 0 aliphatic rings. The number of fused-ring (bicyclic) bond motifs is 1. The fraction of sp³-hybridized carbons (Fsp3) is 0.227. The van der Waals surface area contributed by atoms with Gasteiger partial charge in [0.15, 0.2) is 0 Å². The number of hydrogen-bond donors (Lipinski definition) is 2. The van der Waals surface area contributed by atoms with Crippen LogP contribution < -0.4 is 10.1 Å². The molecule has 0 saturated carbocycles. The molecule has 0 bridgehead atoms. The number of rotatable bonds is 7. The molecule has 0 fully saturated rings. The number of carboxylic acids is 1. The Morgan fingerprint density at radius 2 is 1.92 bits per heavy atom. The monoisotopic (exact) mass is 349 g/mol. The number of anilines is 1. The number of carboxylic acid groups (broad SMARTS) is 1. The van der Waals surface area contributed by atoms with E-state index in [2.05, 4.69) is 30.4 Å². The molecule has 4 nitrogen and oxygen atoms in total. The van der Waals surface area contributed by atoms with Crippen molar-refractivity contribution in [3.63, 3.8) is 0 Å². The van der Waals surface area contributed by atoms with E-state index in [-0.39, 0.29) is 5.56 Å². The molecular formula is C22H23NO3. The first-order valence-corrected chi connectivity index (χ1v) is 8.81. The first-order chi connectivity index (χ1) is 12.6. The molecule has 0 aliphatic heterocycles. The maximum Gasteiger partial charge on any atom is 0.335 e. The molecule has 0 saturated heterocycles. The van der Waals surface area contributed by atoms with E-state index in [4.69, 9.17) is 4.74 Å². The van der Waals surface area contributed by atoms with Gasteiger partial charge in [-0.1, -0.05) is 43.3 Å². The largest absolute Gasteiger partial charge is 0.493 e. The zero-order valence-corrected chi connectivity index (χ0v) is 15.1. The number of aryl methyl sites for hydroxylation is 1. The van der Waals surface area contributed by atoms with Gasteiger partial charge in [-0.2, -0.15) is 0 Å². The zero-order valence-electron chi connectivity index (χ0n) is 15.1. The first-order valence-electron chi connectivity index (χ1n) is 8.81. The van der Waals surface area contributed by atoms with E-state index in [0.29, 0.717) is 13.2 Å². The minimum Gasteiger partial charge on any atom is -0.493 e. The lowest BCUT2D eigenvalue weighted by molar-refractivity contribution is 0.0697. The predicted octanol–water partition coefficient (Wildman–Crippen LogP) is 5.25. The summed E-state index contributed by atoms with van der Waals surface area (Å²) in [7, 11) is 0. The van der Waals surface area contributed by atoms with Gasteiger partial charge in [-0.05, 0) is 47.9 Å². The van der Waals surface area contributed by atoms with Crippen molar-refractivity contribution in [1.29, 1.82) is 0 Å². The van der Waals surface area contributed by atoms with Crippen molar-refractivity contribution in [2.45, 2.75) is 26.8 Å². The molecule has 0 aliphatic carbocycles. The molecule has 0 atom stereocenters. The van der Waals surface area contributed by atoms with Gasteiger partial charge in [0, 0.05) is 17.8 Å². The molecule has 0 amide bonds. The van der Waals surface area contributed by atoms with Crippen LogP contribution in [0.3, 0.4) is 0 Å². The van der Waals surface area contributed by atoms with Crippen molar-refractivity contribution in [3.8, 4) is 5.75 Å². The highest BCUT2D eigenvalue weighted by Crippen LogP contribution is 2.29. The van der Waals surface area contributed by atoms with Gasteiger partial charge in [0.05, 0.1) is 12.2 Å². The molecule has 0 unspecified atom stereocenters. The van der Waals surface area contributed by atoms with Crippen LogP contribution in [0.2, 0.25) is 0 Å². The Kier molecular flexibility index (Phi) is 5.42. The van der Waals surface area contributed by atoms with Gasteiger partial charge in [-0.25, -0.2) is 4.79 Å². The fourth-order valence-electron chi connectivity index (χ4n) is 2.97. The Morgan fingerprint density at radius 3 is 2.69 bits per heavy atom. The zero-order chi connectivity index (χ0) is 18.5. The number of nitrogens with one attached hydrogen (secondary N) is 1. The van der Waals surface area contributed by atoms with Crippen molar-refractivity contribution < 1.29 is 14.6 Å². The molecule has 26 heavy (non-hydrogen) atoms. The smallest absolute Gasteiger partial charge is 0.335 e. The lowest BCUT2D eigenvalue weighted by Gasteiger charge is -2.16. The lowest BCUT2D eigenvalue weighted by Crippen LogP contribution is -2.07. The number of benzene rings is 3. The normalized spacial score (nSPS) is 10.7. The summed E-state index contributed by atoms with van der Waals surface area (Å²) in [5.74, 6) is -0.0599. The molecule has 0 aromatic heterocycles. The summed E-state index contributed by atoms with van der Waals surface area (Å²) in [6.07, 6.45) is 0.944. The number of aromatic carboxylic acids is 1. The van der Waals surface area contributed by atoms with Gasteiger partial charge in [0.25, 0.3) is 0 Å². The summed E-state index contributed by atoms with van der Waals surface area (Å²) in [6, 6.07) is 17.4. The molecule has 0 spiro atoms. The molecule has 3 aromatic rings. The number of ether oxygens (including phenoxy) is 1. The average Bonchev–Trinajstić information content (AvgIpc) is 2.65. The third-order valence-electron chi connectivity index (χ3n) is 4.40. The lowest BCUT2D eigenvalue weighted by atomic mass is 10.0. The molecule has 0 radical (unpaired) electrons. The van der Waals surface area contributed by atoms with Crippen molar-refractivity contribution in [2.75, 3.05) is 11.9 Å². The van der Waals surface area contributed by atoms with Crippen LogP contribution >= 0.6 is 0 Å². The van der Waals surface area contributed by atoms with E-state index < -0.39 is 5.97 Å². The topological polar surface area (TPSA) is 58.6 Å². The van der Waals surface area contributed by atoms with Gasteiger partial charge in [0.1, 0.15) is 5.75 Å². The Hall–Kier alpha value is -3.01. The Labute approximate surface area is 153 Å². The van der Waals surface area contributed by atoms with Crippen LogP contribution in [0.25, 0.3) is 10.8 Å². The van der Waals surface area contributed by atoms with E-state index in [0.717, 1.165) is 39.8 Å². The first kappa shape index (κ1) is 17.8. The highest BCUT2D eigenvalue weighted by molar-refractivity contribution is 5.90. The molecule has 4 heteroatoms. The Balaban J connectivity index is 1.95. The molecule has 2 N–H and O–H groups in total. The predicted molar refractivity (Wildman–Crippen MR) is 105 cm³/mol. The second kappa shape index (κ2) is 7.91. The standard InChI is InChI=1S/C22H23NO3/c1-3-12-26-21-11-10-16-6-4-5-7-18(16)19(21)14-23-20-13-17(22(24)25)9-8-15(20)2/h4-11,13,23H,3,12,14H2,1-2H3,(H,24,25). The van der Waals surface area contributed by atoms with Crippen LogP contribution in [-0.2, 0) is 6.54 Å². The fourth-order valence-corrected chi connectivity index (χ4v) is 2.97. The van der Waals surface area contributed by atoms with Crippen molar-refractivity contribution in [1.82, 2.24) is 0 Å². The minimum absolute atomic E-state index is 0.276. The maximum absolute atomic E-state index is 11.2. The van der Waals surface area contributed by atoms with Gasteiger partial charge >= 0.3 is 5.97 Å². The van der Waals surface area contributed by atoms with Crippen LogP contribution in [0.15, 0.2) is 54.6 Å². The van der Waals surface area contributed by atoms with E-state index in [9.17, 15) is 9.90 Å². The van der Waals surface area contributed by atoms with Gasteiger partial charge < -0.3 is 15.2 Å². The van der Waals surface area contributed by atoms with Crippen LogP contribution in [0.5, 0.6) is 5.75 Å². The molecule has 3 rings (SSSR count). The highest BCUT2D eigenvalue weighted by atomic mass is 16.5. The van der Waals surface area contributed by atoms with Crippen LogP contribution in [0.4, 0.5) is 5.69 Å². The van der Waals surface area contributed by atoms with E-state index in [1.54, 1.807) is 12.1 Å². The average molecular weight is 349 g/mol. The van der Waals surface area contributed by atoms with Crippen LogP contribution in [0, 0.1) is 6.92 Å². The van der Waals surface area contributed by atoms with Crippen LogP contribution in [0.1, 0.15) is 34.8 Å². The summed E-state index contributed by atoms with van der Waals surface area (Å²) in [4.78, 5) is 11.2. The Morgan fingerprint density at radius 1 is 1.12 bits per heavy atom. The molecule has 3 aromatic carbocycles. The van der Waals surface area contributed by atoms with Crippen molar-refractivity contribution in [2.24, 2.45) is 0 Å². The molecular weight excluding hydrogens is 326 g/mol. The quantitative estimate of drug-likeness (QED) is 0.612. The number of hydrogen-bond acceptors (Lipinski definition) is 3. The summed E-state index contributed by atoms with van der Waals surface area (Å²) < 4.78 is 5.94. The van der Waals surface area contributed by atoms with Crippen molar-refractivity contribution >= 4 is 22.4 Å². The summed E-state index contributed by atoms with van der Waals surface area (Å²) >= 11 is 0. The van der Waals surface area contributed by atoms with E-state index in [1.807, 2.05) is 31.2 Å². The summed E-state index contributed by atoms with van der Waals surface area (Å²) in [6.45, 7) is 5.27. The second-order valence-electron chi connectivity index (χ2n) is 6.30. The summed E-state index contributed by atoms with van der Waals surface area (Å²) in [5.41, 5.74) is 3.18. The Bertz CT molecular complexity index is 934. The number of carbonyl (C=O) groups is 1. The van der Waals surface area contributed by atoms with Gasteiger partial charge in [-0.15, -0.1) is 0 Å². The maximum atomic E-state index is 11.2. The van der Waals surface area contributed by atoms with E-state index in [1.165, 1.54) is 0 Å². The van der Waals surface area contributed by atoms with Gasteiger partial charge in [-0.3, -0.25) is 0 Å². The van der Waals surface area contributed by atoms with Crippen molar-refractivity contribution in [3.05, 3.63) is 71.3 Å². The molecule has 134 valence electrons. The van der Waals surface area contributed by atoms with E-state index >= 15 is 0 Å². The van der Waals surface area contributed by atoms with Gasteiger partial charge in [0.2, 0.25) is 0 Å². The molecule has 0 heterocycles. The minimum atomic E-state index is -0.926. The SMILES string of the molecule is CCCOc1ccc2ccccc2c1CNc1cc(C(=O)O)ccc1C. The third kappa shape index (κ3) is 3.80.